The van der Waals surface area contributed by atoms with Crippen LogP contribution >= 0.6 is 23.1 Å². The molecule has 0 aliphatic heterocycles. The predicted molar refractivity (Wildman–Crippen MR) is 69.6 cm³/mol. The molecule has 0 atom stereocenters. The number of aromatic carboxylic acids is 1. The molecule has 0 radical (unpaired) electrons. The zero-order valence-electron chi connectivity index (χ0n) is 9.94. The Morgan fingerprint density at radius 1 is 1.47 bits per heavy atom. The van der Waals surface area contributed by atoms with Crippen LogP contribution in [-0.2, 0) is 4.79 Å². The van der Waals surface area contributed by atoms with Gasteiger partial charge in [-0.25, -0.2) is 4.79 Å². The lowest BCUT2D eigenvalue weighted by Crippen LogP contribution is -2.34. The molecule has 0 fully saturated rings. The van der Waals surface area contributed by atoms with E-state index in [1.807, 2.05) is 20.8 Å². The van der Waals surface area contributed by atoms with Crippen LogP contribution in [0.1, 0.15) is 30.4 Å². The van der Waals surface area contributed by atoms with Crippen LogP contribution in [0.5, 0.6) is 0 Å². The molecule has 1 aromatic heterocycles. The number of thioether (sulfide) groups is 1. The van der Waals surface area contributed by atoms with E-state index in [4.69, 9.17) is 5.11 Å². The molecule has 0 saturated carbocycles. The smallest absolute Gasteiger partial charge is 0.345 e. The van der Waals surface area contributed by atoms with Gasteiger partial charge >= 0.3 is 5.97 Å². The number of amides is 1. The van der Waals surface area contributed by atoms with Gasteiger partial charge in [0.05, 0.1) is 5.88 Å². The van der Waals surface area contributed by atoms with Crippen molar-refractivity contribution >= 4 is 35.0 Å². The molecule has 6 heteroatoms. The van der Waals surface area contributed by atoms with Crippen molar-refractivity contribution in [1.82, 2.24) is 5.32 Å². The highest BCUT2D eigenvalue weighted by Gasteiger charge is 2.20. The topological polar surface area (TPSA) is 66.4 Å². The van der Waals surface area contributed by atoms with Gasteiger partial charge in [-0.05, 0) is 6.07 Å². The Morgan fingerprint density at radius 3 is 2.59 bits per heavy atom. The Bertz CT molecular complexity index is 421. The third kappa shape index (κ3) is 4.40. The first-order valence-electron chi connectivity index (χ1n) is 5.03. The van der Waals surface area contributed by atoms with E-state index in [2.05, 4.69) is 5.32 Å². The van der Waals surface area contributed by atoms with E-state index < -0.39 is 11.4 Å². The molecule has 17 heavy (non-hydrogen) atoms. The van der Waals surface area contributed by atoms with Crippen molar-refractivity contribution < 1.29 is 14.7 Å². The van der Waals surface area contributed by atoms with E-state index in [0.717, 1.165) is 4.90 Å². The molecule has 0 spiro atoms. The fourth-order valence-corrected chi connectivity index (χ4v) is 2.63. The number of rotatable bonds is 4. The molecule has 94 valence electrons. The summed E-state index contributed by atoms with van der Waals surface area (Å²) in [5, 5.41) is 13.3. The first kappa shape index (κ1) is 14.1. The first-order valence-corrected chi connectivity index (χ1v) is 6.90. The van der Waals surface area contributed by atoms with E-state index in [-0.39, 0.29) is 5.91 Å². The standard InChI is InChI=1S/C11H15NO3S2/c1-11(2,3)10(15)12-6-17-7-4-8(9(13)14)16-5-7/h4-5H,6H2,1-3H3,(H,12,15)(H,13,14). The summed E-state index contributed by atoms with van der Waals surface area (Å²) in [6, 6.07) is 1.61. The SMILES string of the molecule is CC(C)(C)C(=O)NCSc1csc(C(=O)O)c1. The maximum absolute atomic E-state index is 11.6. The molecule has 0 saturated heterocycles. The van der Waals surface area contributed by atoms with Crippen molar-refractivity contribution in [1.29, 1.82) is 0 Å². The van der Waals surface area contributed by atoms with Gasteiger partial charge in [0.2, 0.25) is 5.91 Å². The quantitative estimate of drug-likeness (QED) is 0.654. The second-order valence-electron chi connectivity index (χ2n) is 4.50. The van der Waals surface area contributed by atoms with Gasteiger partial charge in [0.1, 0.15) is 4.88 Å². The average Bonchev–Trinajstić information content (AvgIpc) is 2.64. The number of hydrogen-bond donors (Lipinski definition) is 2. The van der Waals surface area contributed by atoms with Crippen molar-refractivity contribution in [2.24, 2.45) is 5.41 Å². The Hall–Kier alpha value is -1.01. The number of carboxylic acid groups (broad SMARTS) is 1. The summed E-state index contributed by atoms with van der Waals surface area (Å²) in [4.78, 5) is 23.4. The maximum Gasteiger partial charge on any atom is 0.345 e. The fourth-order valence-electron chi connectivity index (χ4n) is 0.957. The lowest BCUT2D eigenvalue weighted by Gasteiger charge is -2.17. The summed E-state index contributed by atoms with van der Waals surface area (Å²) in [5.41, 5.74) is -0.401. The fraction of sp³-hybridized carbons (Fsp3) is 0.455. The van der Waals surface area contributed by atoms with Crippen molar-refractivity contribution in [3.63, 3.8) is 0 Å². The number of hydrogen-bond acceptors (Lipinski definition) is 4. The first-order chi connectivity index (χ1) is 7.80. The molecule has 1 heterocycles. The summed E-state index contributed by atoms with van der Waals surface area (Å²) >= 11 is 2.61. The normalized spacial score (nSPS) is 11.2. The number of thiophene rings is 1. The van der Waals surface area contributed by atoms with E-state index in [9.17, 15) is 9.59 Å². The molecule has 0 bridgehead atoms. The van der Waals surface area contributed by atoms with Gasteiger partial charge in [0.25, 0.3) is 0 Å². The molecular formula is C11H15NO3S2. The van der Waals surface area contributed by atoms with Crippen molar-refractivity contribution in [3.8, 4) is 0 Å². The van der Waals surface area contributed by atoms with Gasteiger partial charge in [-0.2, -0.15) is 0 Å². The molecule has 2 N–H and O–H groups in total. The second kappa shape index (κ2) is 5.55. The molecule has 1 aromatic rings. The van der Waals surface area contributed by atoms with E-state index >= 15 is 0 Å². The molecular weight excluding hydrogens is 258 g/mol. The summed E-state index contributed by atoms with van der Waals surface area (Å²) in [6.45, 7) is 5.54. The number of nitrogens with one attached hydrogen (secondary N) is 1. The highest BCUT2D eigenvalue weighted by Crippen LogP contribution is 2.24. The lowest BCUT2D eigenvalue weighted by molar-refractivity contribution is -0.128. The molecule has 0 unspecified atom stereocenters. The minimum atomic E-state index is -0.916. The Morgan fingerprint density at radius 2 is 2.12 bits per heavy atom. The van der Waals surface area contributed by atoms with E-state index in [0.29, 0.717) is 10.8 Å². The number of carbonyl (C=O) groups is 2. The van der Waals surface area contributed by atoms with Gasteiger partial charge < -0.3 is 10.4 Å². The van der Waals surface area contributed by atoms with Crippen LogP contribution in [0.25, 0.3) is 0 Å². The zero-order chi connectivity index (χ0) is 13.1. The maximum atomic E-state index is 11.6. The van der Waals surface area contributed by atoms with Crippen LogP contribution in [0.3, 0.4) is 0 Å². The van der Waals surface area contributed by atoms with Crippen molar-refractivity contribution in [2.45, 2.75) is 25.7 Å². The van der Waals surface area contributed by atoms with Gasteiger partial charge in [0, 0.05) is 15.7 Å². The average molecular weight is 273 g/mol. The Kier molecular flexibility index (Phi) is 4.59. The minimum Gasteiger partial charge on any atom is -0.477 e. The summed E-state index contributed by atoms with van der Waals surface area (Å²) in [6.07, 6.45) is 0. The van der Waals surface area contributed by atoms with Crippen LogP contribution in [0.2, 0.25) is 0 Å². The molecule has 4 nitrogen and oxygen atoms in total. The second-order valence-corrected chi connectivity index (χ2v) is 6.46. The zero-order valence-corrected chi connectivity index (χ0v) is 11.6. The molecule has 0 aliphatic rings. The number of carboxylic acids is 1. The van der Waals surface area contributed by atoms with E-state index in [1.54, 1.807) is 11.4 Å². The van der Waals surface area contributed by atoms with Crippen LogP contribution in [0.4, 0.5) is 0 Å². The van der Waals surface area contributed by atoms with Crippen LogP contribution < -0.4 is 5.32 Å². The van der Waals surface area contributed by atoms with Crippen LogP contribution in [-0.4, -0.2) is 22.9 Å². The monoisotopic (exact) mass is 273 g/mol. The van der Waals surface area contributed by atoms with Crippen molar-refractivity contribution in [2.75, 3.05) is 5.88 Å². The molecule has 1 rings (SSSR count). The summed E-state index contributed by atoms with van der Waals surface area (Å²) in [7, 11) is 0. The van der Waals surface area contributed by atoms with Crippen molar-refractivity contribution in [3.05, 3.63) is 16.3 Å². The molecule has 0 aliphatic carbocycles. The highest BCUT2D eigenvalue weighted by atomic mass is 32.2. The van der Waals surface area contributed by atoms with Gasteiger partial charge in [-0.3, -0.25) is 4.79 Å². The van der Waals surface area contributed by atoms with Gasteiger partial charge in [0.15, 0.2) is 0 Å². The highest BCUT2D eigenvalue weighted by molar-refractivity contribution is 7.99. The third-order valence-corrected chi connectivity index (χ3v) is 3.86. The number of carbonyl (C=O) groups excluding carboxylic acids is 1. The van der Waals surface area contributed by atoms with E-state index in [1.165, 1.54) is 23.1 Å². The Balaban J connectivity index is 2.41. The predicted octanol–water partition coefficient (Wildman–Crippen LogP) is 2.66. The van der Waals surface area contributed by atoms with Crippen LogP contribution in [0.15, 0.2) is 16.3 Å². The minimum absolute atomic E-state index is 0.0151. The Labute approximate surface area is 108 Å². The third-order valence-electron chi connectivity index (χ3n) is 1.94. The largest absolute Gasteiger partial charge is 0.477 e. The van der Waals surface area contributed by atoms with Gasteiger partial charge in [-0.1, -0.05) is 20.8 Å². The summed E-state index contributed by atoms with van der Waals surface area (Å²) < 4.78 is 0. The molecule has 0 aromatic carbocycles. The molecule has 1 amide bonds. The lowest BCUT2D eigenvalue weighted by atomic mass is 9.96. The van der Waals surface area contributed by atoms with Gasteiger partial charge in [-0.15, -0.1) is 23.1 Å². The van der Waals surface area contributed by atoms with Crippen LogP contribution in [0, 0.1) is 5.41 Å². The summed E-state index contributed by atoms with van der Waals surface area (Å²) in [5.74, 6) is -0.481.